The number of hydrogen-bond acceptors (Lipinski definition) is 3. The molecule has 1 atom stereocenters. The molecule has 0 saturated carbocycles. The molecular weight excluding hydrogens is 238 g/mol. The molecule has 1 aliphatic rings. The highest BCUT2D eigenvalue weighted by molar-refractivity contribution is 5.28. The summed E-state index contributed by atoms with van der Waals surface area (Å²) in [5.74, 6) is -0.115. The third-order valence-corrected chi connectivity index (χ3v) is 3.22. The molecule has 0 radical (unpaired) electrons. The highest BCUT2D eigenvalue weighted by atomic mass is 16.1. The van der Waals surface area contributed by atoms with E-state index >= 15 is 0 Å². The second-order valence-electron chi connectivity index (χ2n) is 4.85. The minimum Gasteiger partial charge on any atom is -0.326 e. The third kappa shape index (κ3) is 3.93. The first-order chi connectivity index (χ1) is 9.10. The van der Waals surface area contributed by atoms with Gasteiger partial charge in [0.15, 0.2) is 0 Å². The zero-order valence-electron chi connectivity index (χ0n) is 12.3. The molecule has 2 heterocycles. The zero-order valence-corrected chi connectivity index (χ0v) is 12.3. The SMILES string of the molecule is CC.CC(C#N)Cc1cc2c([nH]c1=O)CCN(C)C2. The Balaban J connectivity index is 0.000000861. The van der Waals surface area contributed by atoms with Crippen molar-refractivity contribution in [2.45, 2.75) is 40.2 Å². The monoisotopic (exact) mass is 261 g/mol. The van der Waals surface area contributed by atoms with Crippen LogP contribution in [0.1, 0.15) is 37.6 Å². The van der Waals surface area contributed by atoms with Crippen LogP contribution in [0.5, 0.6) is 0 Å². The number of aromatic amines is 1. The van der Waals surface area contributed by atoms with Gasteiger partial charge in [0.1, 0.15) is 0 Å². The average Bonchev–Trinajstić information content (AvgIpc) is 2.42. The molecule has 1 aromatic heterocycles. The summed E-state index contributed by atoms with van der Waals surface area (Å²) >= 11 is 0. The lowest BCUT2D eigenvalue weighted by molar-refractivity contribution is 0.309. The van der Waals surface area contributed by atoms with Crippen LogP contribution in [0.4, 0.5) is 0 Å². The fraction of sp³-hybridized carbons (Fsp3) is 0.600. The van der Waals surface area contributed by atoms with Crippen LogP contribution in [0, 0.1) is 17.2 Å². The molecule has 0 amide bonds. The fourth-order valence-electron chi connectivity index (χ4n) is 2.22. The van der Waals surface area contributed by atoms with E-state index in [2.05, 4.69) is 23.0 Å². The molecule has 0 aliphatic carbocycles. The van der Waals surface area contributed by atoms with Gasteiger partial charge in [-0.2, -0.15) is 5.26 Å². The number of nitriles is 1. The average molecular weight is 261 g/mol. The van der Waals surface area contributed by atoms with Crippen LogP contribution in [0.2, 0.25) is 0 Å². The van der Waals surface area contributed by atoms with E-state index in [1.54, 1.807) is 0 Å². The molecule has 1 aliphatic heterocycles. The van der Waals surface area contributed by atoms with Gasteiger partial charge in [0.25, 0.3) is 5.56 Å². The lowest BCUT2D eigenvalue weighted by Crippen LogP contribution is -2.30. The maximum Gasteiger partial charge on any atom is 0.251 e. The largest absolute Gasteiger partial charge is 0.326 e. The Kier molecular flexibility index (Phi) is 5.78. The maximum absolute atomic E-state index is 11.8. The Morgan fingerprint density at radius 3 is 2.84 bits per heavy atom. The second kappa shape index (κ2) is 7.10. The smallest absolute Gasteiger partial charge is 0.251 e. The van der Waals surface area contributed by atoms with Crippen molar-refractivity contribution in [3.8, 4) is 6.07 Å². The fourth-order valence-corrected chi connectivity index (χ4v) is 2.22. The molecule has 0 bridgehead atoms. The predicted molar refractivity (Wildman–Crippen MR) is 76.9 cm³/mol. The van der Waals surface area contributed by atoms with Crippen molar-refractivity contribution in [1.82, 2.24) is 9.88 Å². The van der Waals surface area contributed by atoms with Crippen LogP contribution < -0.4 is 5.56 Å². The van der Waals surface area contributed by atoms with E-state index in [1.165, 1.54) is 5.56 Å². The summed E-state index contributed by atoms with van der Waals surface area (Å²) < 4.78 is 0. The van der Waals surface area contributed by atoms with Crippen LogP contribution in [0.25, 0.3) is 0 Å². The minimum absolute atomic E-state index is 0.0320. The van der Waals surface area contributed by atoms with Crippen LogP contribution in [-0.2, 0) is 19.4 Å². The number of nitrogens with one attached hydrogen (secondary N) is 1. The Morgan fingerprint density at radius 1 is 1.53 bits per heavy atom. The van der Waals surface area contributed by atoms with Gasteiger partial charge in [-0.05, 0) is 32.0 Å². The van der Waals surface area contributed by atoms with Gasteiger partial charge < -0.3 is 9.88 Å². The molecule has 104 valence electrons. The molecule has 0 spiro atoms. The van der Waals surface area contributed by atoms with Gasteiger partial charge in [0, 0.05) is 36.7 Å². The van der Waals surface area contributed by atoms with Crippen molar-refractivity contribution < 1.29 is 0 Å². The van der Waals surface area contributed by atoms with Gasteiger partial charge in [0.2, 0.25) is 0 Å². The molecule has 19 heavy (non-hydrogen) atoms. The van der Waals surface area contributed by atoms with Gasteiger partial charge in [-0.1, -0.05) is 13.8 Å². The Bertz CT molecular complexity index is 513. The summed E-state index contributed by atoms with van der Waals surface area (Å²) in [4.78, 5) is 17.0. The molecule has 1 aromatic rings. The first-order valence-electron chi connectivity index (χ1n) is 6.92. The van der Waals surface area contributed by atoms with Gasteiger partial charge in [-0.25, -0.2) is 0 Å². The van der Waals surface area contributed by atoms with Crippen LogP contribution in [0.3, 0.4) is 0 Å². The van der Waals surface area contributed by atoms with Crippen LogP contribution >= 0.6 is 0 Å². The summed E-state index contributed by atoms with van der Waals surface area (Å²) in [5.41, 5.74) is 2.95. The lowest BCUT2D eigenvalue weighted by Gasteiger charge is -2.24. The van der Waals surface area contributed by atoms with E-state index < -0.39 is 0 Å². The quantitative estimate of drug-likeness (QED) is 0.886. The summed E-state index contributed by atoms with van der Waals surface area (Å²) in [7, 11) is 2.08. The first-order valence-corrected chi connectivity index (χ1v) is 6.92. The van der Waals surface area contributed by atoms with Crippen molar-refractivity contribution in [1.29, 1.82) is 5.26 Å². The van der Waals surface area contributed by atoms with E-state index in [0.717, 1.165) is 30.8 Å². The maximum atomic E-state index is 11.8. The normalized spacial score (nSPS) is 15.7. The predicted octanol–water partition coefficient (Wildman–Crippen LogP) is 2.09. The summed E-state index contributed by atoms with van der Waals surface area (Å²) in [6.07, 6.45) is 1.43. The molecule has 0 aromatic carbocycles. The Morgan fingerprint density at radius 2 is 2.21 bits per heavy atom. The number of nitrogens with zero attached hydrogens (tertiary/aromatic N) is 2. The van der Waals surface area contributed by atoms with Crippen molar-refractivity contribution in [3.63, 3.8) is 0 Å². The van der Waals surface area contributed by atoms with Gasteiger partial charge in [0.05, 0.1) is 6.07 Å². The van der Waals surface area contributed by atoms with E-state index in [4.69, 9.17) is 5.26 Å². The number of fused-ring (bicyclic) bond motifs is 1. The number of aromatic nitrogens is 1. The van der Waals surface area contributed by atoms with E-state index in [-0.39, 0.29) is 11.5 Å². The third-order valence-electron chi connectivity index (χ3n) is 3.22. The van der Waals surface area contributed by atoms with Crippen LogP contribution in [-0.4, -0.2) is 23.5 Å². The van der Waals surface area contributed by atoms with Crippen molar-refractivity contribution in [2.24, 2.45) is 5.92 Å². The molecule has 0 fully saturated rings. The highest BCUT2D eigenvalue weighted by Gasteiger charge is 2.16. The molecule has 1 N–H and O–H groups in total. The molecule has 1 unspecified atom stereocenters. The summed E-state index contributed by atoms with van der Waals surface area (Å²) in [5, 5.41) is 8.80. The lowest BCUT2D eigenvalue weighted by atomic mass is 9.99. The van der Waals surface area contributed by atoms with Crippen molar-refractivity contribution in [2.75, 3.05) is 13.6 Å². The standard InChI is InChI=1S/C13H17N3O.C2H6/c1-9(7-14)5-10-6-11-8-16(2)4-3-12(11)15-13(10)17;1-2/h6,9H,3-5,8H2,1-2H3,(H,15,17);1-2H3. The molecular formula is C15H23N3O. The number of H-pyrrole nitrogens is 1. The highest BCUT2D eigenvalue weighted by Crippen LogP contribution is 2.16. The van der Waals surface area contributed by atoms with E-state index in [9.17, 15) is 4.79 Å². The van der Waals surface area contributed by atoms with E-state index in [0.29, 0.717) is 6.42 Å². The molecule has 2 rings (SSSR count). The second-order valence-corrected chi connectivity index (χ2v) is 4.85. The molecule has 4 heteroatoms. The zero-order chi connectivity index (χ0) is 14.4. The summed E-state index contributed by atoms with van der Waals surface area (Å²) in [6, 6.07) is 4.14. The van der Waals surface area contributed by atoms with E-state index in [1.807, 2.05) is 26.8 Å². The number of likely N-dealkylation sites (N-methyl/N-ethyl adjacent to an activating group) is 1. The number of rotatable bonds is 2. The summed E-state index contributed by atoms with van der Waals surface area (Å²) in [6.45, 7) is 7.70. The molecule has 4 nitrogen and oxygen atoms in total. The van der Waals surface area contributed by atoms with Crippen molar-refractivity contribution >= 4 is 0 Å². The van der Waals surface area contributed by atoms with Gasteiger partial charge in [-0.15, -0.1) is 0 Å². The molecule has 0 saturated heterocycles. The van der Waals surface area contributed by atoms with Crippen molar-refractivity contribution in [3.05, 3.63) is 33.2 Å². The minimum atomic E-state index is -0.115. The number of pyridine rings is 1. The van der Waals surface area contributed by atoms with Crippen LogP contribution in [0.15, 0.2) is 10.9 Å². The van der Waals surface area contributed by atoms with Gasteiger partial charge >= 0.3 is 0 Å². The Labute approximate surface area is 115 Å². The first kappa shape index (κ1) is 15.5. The van der Waals surface area contributed by atoms with Gasteiger partial charge in [-0.3, -0.25) is 4.79 Å². The topological polar surface area (TPSA) is 59.9 Å². The number of hydrogen-bond donors (Lipinski definition) is 1. The Hall–Kier alpha value is -1.60.